The second-order valence-corrected chi connectivity index (χ2v) is 8.89. The second kappa shape index (κ2) is 9.25. The molecule has 0 aliphatic carbocycles. The highest BCUT2D eigenvalue weighted by molar-refractivity contribution is 7.92. The van der Waals surface area contributed by atoms with Gasteiger partial charge in [0, 0.05) is 28.4 Å². The molecule has 33 heavy (non-hydrogen) atoms. The van der Waals surface area contributed by atoms with E-state index in [1.165, 1.54) is 25.5 Å². The van der Waals surface area contributed by atoms with E-state index in [0.717, 1.165) is 10.9 Å². The minimum Gasteiger partial charge on any atom is -0.497 e. The Morgan fingerprint density at radius 3 is 2.36 bits per heavy atom. The smallest absolute Gasteiger partial charge is 0.261 e. The largest absolute Gasteiger partial charge is 0.497 e. The molecule has 1 amide bonds. The van der Waals surface area contributed by atoms with Crippen molar-refractivity contribution in [2.45, 2.75) is 11.3 Å². The van der Waals surface area contributed by atoms with E-state index in [2.05, 4.69) is 10.0 Å². The van der Waals surface area contributed by atoms with Crippen molar-refractivity contribution in [2.75, 3.05) is 24.3 Å². The molecule has 1 aromatic heterocycles. The van der Waals surface area contributed by atoms with Crippen LogP contribution < -0.4 is 19.5 Å². The molecular formula is C24H22N2O6S. The Kier molecular flexibility index (Phi) is 6.23. The summed E-state index contributed by atoms with van der Waals surface area (Å²) in [5, 5.41) is 3.56. The molecule has 4 aromatic rings. The van der Waals surface area contributed by atoms with Gasteiger partial charge in [-0.3, -0.25) is 9.52 Å². The number of ether oxygens (including phenoxy) is 2. The van der Waals surface area contributed by atoms with E-state index < -0.39 is 10.0 Å². The van der Waals surface area contributed by atoms with Crippen LogP contribution in [-0.2, 0) is 21.2 Å². The average molecular weight is 467 g/mol. The molecule has 0 fully saturated rings. The number of rotatable bonds is 8. The Morgan fingerprint density at radius 1 is 0.909 bits per heavy atom. The molecule has 0 spiro atoms. The molecule has 0 unspecified atom stereocenters. The summed E-state index contributed by atoms with van der Waals surface area (Å²) >= 11 is 0. The van der Waals surface area contributed by atoms with Crippen LogP contribution >= 0.6 is 0 Å². The summed E-state index contributed by atoms with van der Waals surface area (Å²) in [4.78, 5) is 12.6. The van der Waals surface area contributed by atoms with Crippen LogP contribution in [0.2, 0.25) is 0 Å². The maximum Gasteiger partial charge on any atom is 0.261 e. The normalized spacial score (nSPS) is 11.2. The van der Waals surface area contributed by atoms with Crippen molar-refractivity contribution in [1.29, 1.82) is 0 Å². The Morgan fingerprint density at radius 2 is 1.64 bits per heavy atom. The Labute approximate surface area is 191 Å². The van der Waals surface area contributed by atoms with Crippen LogP contribution in [-0.4, -0.2) is 28.5 Å². The van der Waals surface area contributed by atoms with Gasteiger partial charge in [0.25, 0.3) is 10.0 Å². The van der Waals surface area contributed by atoms with Crippen LogP contribution in [0.5, 0.6) is 11.5 Å². The van der Waals surface area contributed by atoms with Gasteiger partial charge < -0.3 is 19.2 Å². The number of furan rings is 1. The highest BCUT2D eigenvalue weighted by Gasteiger charge is 2.16. The molecule has 170 valence electrons. The summed E-state index contributed by atoms with van der Waals surface area (Å²) in [7, 11) is -0.744. The first kappa shape index (κ1) is 22.2. The third-order valence-corrected chi connectivity index (χ3v) is 6.36. The number of hydrogen-bond donors (Lipinski definition) is 2. The summed E-state index contributed by atoms with van der Waals surface area (Å²) in [6.45, 7) is 0. The van der Waals surface area contributed by atoms with E-state index in [4.69, 9.17) is 13.9 Å². The molecule has 0 saturated carbocycles. The van der Waals surface area contributed by atoms with Gasteiger partial charge in [0.2, 0.25) is 5.91 Å². The summed E-state index contributed by atoms with van der Waals surface area (Å²) in [5.74, 6) is 0.979. The fourth-order valence-electron chi connectivity index (χ4n) is 3.32. The van der Waals surface area contributed by atoms with Gasteiger partial charge in [-0.2, -0.15) is 0 Å². The summed E-state index contributed by atoms with van der Waals surface area (Å²) in [6, 6.07) is 18.0. The molecule has 3 aromatic carbocycles. The molecule has 4 rings (SSSR count). The van der Waals surface area contributed by atoms with Crippen molar-refractivity contribution in [1.82, 2.24) is 0 Å². The van der Waals surface area contributed by atoms with Crippen molar-refractivity contribution in [3.05, 3.63) is 78.6 Å². The second-order valence-electron chi connectivity index (χ2n) is 7.21. The maximum atomic E-state index is 12.8. The quantitative estimate of drug-likeness (QED) is 0.398. The number of carbonyl (C=O) groups is 1. The average Bonchev–Trinajstić information content (AvgIpc) is 3.21. The molecule has 9 heteroatoms. The Bertz CT molecular complexity index is 1390. The van der Waals surface area contributed by atoms with Crippen molar-refractivity contribution < 1.29 is 27.1 Å². The molecule has 0 atom stereocenters. The zero-order valence-electron chi connectivity index (χ0n) is 18.0. The Hall–Kier alpha value is -3.98. The van der Waals surface area contributed by atoms with E-state index in [9.17, 15) is 13.2 Å². The first-order valence-corrected chi connectivity index (χ1v) is 11.5. The topological polar surface area (TPSA) is 107 Å². The molecule has 2 N–H and O–H groups in total. The molecular weight excluding hydrogens is 444 g/mol. The van der Waals surface area contributed by atoms with Crippen LogP contribution in [0, 0.1) is 0 Å². The van der Waals surface area contributed by atoms with Gasteiger partial charge in [0.15, 0.2) is 0 Å². The van der Waals surface area contributed by atoms with Gasteiger partial charge in [-0.25, -0.2) is 8.42 Å². The molecule has 0 aliphatic heterocycles. The van der Waals surface area contributed by atoms with Crippen LogP contribution in [0.3, 0.4) is 0 Å². The van der Waals surface area contributed by atoms with Crippen LogP contribution in [0.1, 0.15) is 5.56 Å². The molecule has 1 heterocycles. The number of methoxy groups -OCH3 is 2. The van der Waals surface area contributed by atoms with E-state index >= 15 is 0 Å². The number of sulfonamides is 1. The number of hydrogen-bond acceptors (Lipinski definition) is 6. The number of benzene rings is 3. The van der Waals surface area contributed by atoms with Gasteiger partial charge in [0.1, 0.15) is 17.1 Å². The lowest BCUT2D eigenvalue weighted by Crippen LogP contribution is -2.16. The standard InChI is InChI=1S/C24H22N2O6S/c1-30-19-8-6-17(7-9-19)26-33(28,29)21-5-3-4-18(13-21)25-24(27)12-16-15-32-23-14-20(31-2)10-11-22(16)23/h3-11,13-15,26H,12H2,1-2H3,(H,25,27). The van der Waals surface area contributed by atoms with Gasteiger partial charge in [0.05, 0.1) is 31.8 Å². The number of carbonyl (C=O) groups excluding carboxylic acids is 1. The number of nitrogens with one attached hydrogen (secondary N) is 2. The molecule has 0 bridgehead atoms. The number of fused-ring (bicyclic) bond motifs is 1. The van der Waals surface area contributed by atoms with E-state index in [-0.39, 0.29) is 17.2 Å². The van der Waals surface area contributed by atoms with E-state index in [1.807, 2.05) is 6.07 Å². The zero-order valence-corrected chi connectivity index (χ0v) is 18.8. The Balaban J connectivity index is 1.46. The minimum absolute atomic E-state index is 0.0250. The SMILES string of the molecule is COc1ccc(NS(=O)(=O)c2cccc(NC(=O)Cc3coc4cc(OC)ccc34)c2)cc1. The summed E-state index contributed by atoms with van der Waals surface area (Å²) < 4.78 is 43.8. The molecule has 0 saturated heterocycles. The number of amides is 1. The third kappa shape index (κ3) is 5.09. The van der Waals surface area contributed by atoms with Crippen LogP contribution in [0.25, 0.3) is 11.0 Å². The summed E-state index contributed by atoms with van der Waals surface area (Å²) in [6.07, 6.45) is 1.60. The fraction of sp³-hybridized carbons (Fsp3) is 0.125. The zero-order chi connectivity index (χ0) is 23.4. The molecule has 0 radical (unpaired) electrons. The highest BCUT2D eigenvalue weighted by Crippen LogP contribution is 2.26. The first-order chi connectivity index (χ1) is 15.9. The lowest BCUT2D eigenvalue weighted by molar-refractivity contribution is -0.115. The molecule has 0 aliphatic rings. The van der Waals surface area contributed by atoms with Crippen molar-refractivity contribution in [3.8, 4) is 11.5 Å². The lowest BCUT2D eigenvalue weighted by Gasteiger charge is -2.11. The van der Waals surface area contributed by atoms with Gasteiger partial charge >= 0.3 is 0 Å². The van der Waals surface area contributed by atoms with Crippen molar-refractivity contribution >= 4 is 38.3 Å². The molecule has 8 nitrogen and oxygen atoms in total. The highest BCUT2D eigenvalue weighted by atomic mass is 32.2. The van der Waals surface area contributed by atoms with E-state index in [1.54, 1.807) is 55.6 Å². The van der Waals surface area contributed by atoms with Gasteiger partial charge in [-0.05, 0) is 54.6 Å². The first-order valence-electron chi connectivity index (χ1n) is 9.99. The predicted octanol–water partition coefficient (Wildman–Crippen LogP) is 4.43. The van der Waals surface area contributed by atoms with Crippen molar-refractivity contribution in [2.24, 2.45) is 0 Å². The third-order valence-electron chi connectivity index (χ3n) is 4.98. The summed E-state index contributed by atoms with van der Waals surface area (Å²) in [5.41, 5.74) is 2.10. The van der Waals surface area contributed by atoms with Gasteiger partial charge in [-0.1, -0.05) is 6.07 Å². The monoisotopic (exact) mass is 466 g/mol. The maximum absolute atomic E-state index is 12.8. The van der Waals surface area contributed by atoms with Gasteiger partial charge in [-0.15, -0.1) is 0 Å². The number of anilines is 2. The van der Waals surface area contributed by atoms with Crippen LogP contribution in [0.15, 0.2) is 82.3 Å². The van der Waals surface area contributed by atoms with Crippen molar-refractivity contribution in [3.63, 3.8) is 0 Å². The minimum atomic E-state index is -3.85. The van der Waals surface area contributed by atoms with E-state index in [0.29, 0.717) is 28.5 Å². The fourth-order valence-corrected chi connectivity index (χ4v) is 4.42. The lowest BCUT2D eigenvalue weighted by atomic mass is 10.1. The van der Waals surface area contributed by atoms with Crippen LogP contribution in [0.4, 0.5) is 11.4 Å². The predicted molar refractivity (Wildman–Crippen MR) is 125 cm³/mol.